The fourth-order valence-corrected chi connectivity index (χ4v) is 3.89. The highest BCUT2D eigenvalue weighted by molar-refractivity contribution is 8.76. The van der Waals surface area contributed by atoms with Crippen molar-refractivity contribution < 1.29 is 20.1 Å². The molecule has 0 fully saturated rings. The fraction of sp³-hybridized carbons (Fsp3) is 0.222. The molecule has 0 aromatic heterocycles. The molecule has 2 aromatic rings. The number of rotatable bonds is 11. The third-order valence-corrected chi connectivity index (χ3v) is 5.96. The molecule has 0 heterocycles. The van der Waals surface area contributed by atoms with Gasteiger partial charge in [-0.2, -0.15) is 0 Å². The summed E-state index contributed by atoms with van der Waals surface area (Å²) in [4.78, 5) is 28.7. The van der Waals surface area contributed by atoms with E-state index in [4.69, 9.17) is 0 Å². The van der Waals surface area contributed by atoms with Gasteiger partial charge in [-0.05, 0) is 12.1 Å². The Labute approximate surface area is 179 Å². The molecule has 12 heteroatoms. The molecule has 0 amide bonds. The minimum absolute atomic E-state index is 0.0703. The standard InChI is InChI=1S/C18H18N4O6S2/c23-17-3-1-15(21(25)26)9-13(17)11-19-5-7-29-30-8-6-20-12-14-10-16(22(27)28)2-4-18(14)24/h1-4,9-12,23-24H,5-8H2. The smallest absolute Gasteiger partial charge is 0.270 e. The number of aromatic hydroxyl groups is 2. The summed E-state index contributed by atoms with van der Waals surface area (Å²) < 4.78 is 0. The summed E-state index contributed by atoms with van der Waals surface area (Å²) in [5.74, 6) is 1.26. The van der Waals surface area contributed by atoms with Crippen molar-refractivity contribution in [3.05, 3.63) is 67.8 Å². The topological polar surface area (TPSA) is 151 Å². The Bertz CT molecular complexity index is 890. The van der Waals surface area contributed by atoms with Crippen molar-refractivity contribution in [3.8, 4) is 11.5 Å². The zero-order valence-electron chi connectivity index (χ0n) is 15.6. The molecule has 0 bridgehead atoms. The van der Waals surface area contributed by atoms with Gasteiger partial charge in [-0.1, -0.05) is 21.6 Å². The number of nitrogens with zero attached hydrogens (tertiary/aromatic N) is 4. The Balaban J connectivity index is 1.67. The van der Waals surface area contributed by atoms with E-state index in [2.05, 4.69) is 9.98 Å². The normalized spacial score (nSPS) is 11.3. The zero-order chi connectivity index (χ0) is 21.9. The van der Waals surface area contributed by atoms with Gasteiger partial charge in [0.1, 0.15) is 11.5 Å². The highest BCUT2D eigenvalue weighted by Crippen LogP contribution is 2.23. The lowest BCUT2D eigenvalue weighted by molar-refractivity contribution is -0.385. The third kappa shape index (κ3) is 7.37. The molecule has 30 heavy (non-hydrogen) atoms. The number of nitro benzene ring substituents is 2. The maximum absolute atomic E-state index is 10.8. The summed E-state index contributed by atoms with van der Waals surface area (Å²) in [6.07, 6.45) is 2.81. The number of nitro groups is 2. The van der Waals surface area contributed by atoms with Crippen molar-refractivity contribution in [3.63, 3.8) is 0 Å². The molecule has 0 aliphatic rings. The number of benzene rings is 2. The summed E-state index contributed by atoms with van der Waals surface area (Å²) in [5, 5.41) is 40.9. The summed E-state index contributed by atoms with van der Waals surface area (Å²) in [5.41, 5.74) is 0.359. The fourth-order valence-electron chi connectivity index (χ4n) is 2.14. The monoisotopic (exact) mass is 450 g/mol. The average Bonchev–Trinajstić information content (AvgIpc) is 2.71. The Morgan fingerprint density at radius 2 is 1.20 bits per heavy atom. The lowest BCUT2D eigenvalue weighted by atomic mass is 10.2. The van der Waals surface area contributed by atoms with Gasteiger partial charge in [-0.3, -0.25) is 30.2 Å². The number of phenols is 2. The molecule has 0 spiro atoms. The van der Waals surface area contributed by atoms with Crippen LogP contribution < -0.4 is 0 Å². The van der Waals surface area contributed by atoms with Crippen molar-refractivity contribution in [1.29, 1.82) is 0 Å². The van der Waals surface area contributed by atoms with Crippen LogP contribution in [0.4, 0.5) is 11.4 Å². The first-order valence-electron chi connectivity index (χ1n) is 8.57. The lowest BCUT2D eigenvalue weighted by Gasteiger charge is -2.00. The van der Waals surface area contributed by atoms with Crippen molar-refractivity contribution >= 4 is 45.4 Å². The molecule has 0 saturated heterocycles. The third-order valence-electron chi connectivity index (χ3n) is 3.60. The van der Waals surface area contributed by atoms with Gasteiger partial charge in [0.25, 0.3) is 11.4 Å². The largest absolute Gasteiger partial charge is 0.507 e. The van der Waals surface area contributed by atoms with E-state index >= 15 is 0 Å². The molecule has 0 saturated carbocycles. The van der Waals surface area contributed by atoms with Crippen molar-refractivity contribution in [2.45, 2.75) is 0 Å². The van der Waals surface area contributed by atoms with E-state index in [0.717, 1.165) is 0 Å². The second-order valence-electron chi connectivity index (χ2n) is 5.71. The molecule has 0 aliphatic carbocycles. The van der Waals surface area contributed by atoms with Crippen LogP contribution >= 0.6 is 21.6 Å². The summed E-state index contributed by atoms with van der Waals surface area (Å²) >= 11 is 0. The van der Waals surface area contributed by atoms with E-state index in [1.165, 1.54) is 48.8 Å². The van der Waals surface area contributed by atoms with Gasteiger partial charge in [0, 0.05) is 72.4 Å². The maximum atomic E-state index is 10.8. The predicted octanol–water partition coefficient (Wildman–Crippen LogP) is 3.83. The van der Waals surface area contributed by atoms with Gasteiger partial charge in [-0.15, -0.1) is 0 Å². The molecule has 0 atom stereocenters. The minimum atomic E-state index is -0.536. The number of non-ortho nitro benzene ring substituents is 2. The van der Waals surface area contributed by atoms with Crippen LogP contribution in [0.2, 0.25) is 0 Å². The van der Waals surface area contributed by atoms with Gasteiger partial charge >= 0.3 is 0 Å². The highest BCUT2D eigenvalue weighted by atomic mass is 33.1. The van der Waals surface area contributed by atoms with Crippen LogP contribution in [-0.2, 0) is 0 Å². The Morgan fingerprint density at radius 3 is 1.57 bits per heavy atom. The van der Waals surface area contributed by atoms with Gasteiger partial charge in [0.15, 0.2) is 0 Å². The number of aliphatic imine (C=N–C) groups is 2. The quantitative estimate of drug-likeness (QED) is 0.172. The van der Waals surface area contributed by atoms with Crippen molar-refractivity contribution in [2.24, 2.45) is 9.98 Å². The molecular formula is C18H18N4O6S2. The van der Waals surface area contributed by atoms with E-state index in [1.807, 2.05) is 0 Å². The first kappa shape index (κ1) is 23.2. The van der Waals surface area contributed by atoms with E-state index < -0.39 is 9.85 Å². The van der Waals surface area contributed by atoms with Crippen molar-refractivity contribution in [2.75, 3.05) is 24.6 Å². The Kier molecular flexibility index (Phi) is 9.09. The molecule has 0 unspecified atom stereocenters. The van der Waals surface area contributed by atoms with E-state index in [-0.39, 0.29) is 22.9 Å². The second kappa shape index (κ2) is 11.8. The number of hydrogen-bond donors (Lipinski definition) is 2. The van der Waals surface area contributed by atoms with Crippen LogP contribution in [0.5, 0.6) is 11.5 Å². The van der Waals surface area contributed by atoms with E-state index in [1.54, 1.807) is 21.6 Å². The van der Waals surface area contributed by atoms with Crippen molar-refractivity contribution in [1.82, 2.24) is 0 Å². The predicted molar refractivity (Wildman–Crippen MR) is 119 cm³/mol. The van der Waals surface area contributed by atoms with Crippen LogP contribution in [0.25, 0.3) is 0 Å². The molecule has 2 aromatic carbocycles. The van der Waals surface area contributed by atoms with Crippen LogP contribution in [0.1, 0.15) is 11.1 Å². The van der Waals surface area contributed by atoms with Gasteiger partial charge in [0.05, 0.1) is 9.85 Å². The summed E-state index contributed by atoms with van der Waals surface area (Å²) in [7, 11) is 3.15. The van der Waals surface area contributed by atoms with Crippen LogP contribution in [0.3, 0.4) is 0 Å². The molecule has 2 rings (SSSR count). The Hall–Kier alpha value is -3.12. The highest BCUT2D eigenvalue weighted by Gasteiger charge is 2.09. The molecule has 158 valence electrons. The van der Waals surface area contributed by atoms with Crippen LogP contribution in [0.15, 0.2) is 46.4 Å². The maximum Gasteiger partial charge on any atom is 0.270 e. The van der Waals surface area contributed by atoms with Crippen LogP contribution in [-0.4, -0.2) is 57.1 Å². The van der Waals surface area contributed by atoms with Gasteiger partial charge in [-0.25, -0.2) is 0 Å². The summed E-state index contributed by atoms with van der Waals surface area (Å²) in [6, 6.07) is 7.50. The SMILES string of the molecule is O=[N+]([O-])c1ccc(O)c(C=NCCSSCCN=Cc2cc([N+](=O)[O-])ccc2O)c1. The van der Waals surface area contributed by atoms with Crippen LogP contribution in [0, 0.1) is 20.2 Å². The average molecular weight is 450 g/mol. The second-order valence-corrected chi connectivity index (χ2v) is 8.42. The molecule has 0 radical (unpaired) electrons. The first-order valence-corrected chi connectivity index (χ1v) is 11.1. The molecule has 0 aliphatic heterocycles. The van der Waals surface area contributed by atoms with E-state index in [0.29, 0.717) is 35.7 Å². The lowest BCUT2D eigenvalue weighted by Crippen LogP contribution is -1.92. The molecule has 10 nitrogen and oxygen atoms in total. The Morgan fingerprint density at radius 1 is 0.800 bits per heavy atom. The van der Waals surface area contributed by atoms with E-state index in [9.17, 15) is 30.4 Å². The van der Waals surface area contributed by atoms with Gasteiger partial charge in [0.2, 0.25) is 0 Å². The van der Waals surface area contributed by atoms with Gasteiger partial charge < -0.3 is 10.2 Å². The number of hydrogen-bond acceptors (Lipinski definition) is 10. The molecule has 2 N–H and O–H groups in total. The zero-order valence-corrected chi connectivity index (χ0v) is 17.2. The minimum Gasteiger partial charge on any atom is -0.507 e. The number of phenolic OH excluding ortho intramolecular Hbond substituents is 2. The summed E-state index contributed by atoms with van der Waals surface area (Å²) in [6.45, 7) is 0.954. The molecular weight excluding hydrogens is 432 g/mol. The first-order chi connectivity index (χ1) is 14.4.